The fourth-order valence-corrected chi connectivity index (χ4v) is 3.24. The van der Waals surface area contributed by atoms with Crippen molar-refractivity contribution in [1.82, 2.24) is 0 Å². The quantitative estimate of drug-likeness (QED) is 0.600. The van der Waals surface area contributed by atoms with Crippen molar-refractivity contribution < 1.29 is 64.4 Å². The van der Waals surface area contributed by atoms with Crippen LogP contribution in [0, 0.1) is 5.92 Å². The Kier molecular flexibility index (Phi) is 7.53. The summed E-state index contributed by atoms with van der Waals surface area (Å²) < 4.78 is 34.3. The molecule has 2 rings (SSSR count). The van der Waals surface area contributed by atoms with E-state index >= 15 is 0 Å². The van der Waals surface area contributed by atoms with Gasteiger partial charge in [0.05, 0.1) is 4.90 Å². The Morgan fingerprint density at radius 1 is 1.10 bits per heavy atom. The van der Waals surface area contributed by atoms with E-state index in [2.05, 4.69) is 13.8 Å². The molecule has 2 aromatic rings. The fraction of sp³-hybridized carbons (Fsp3) is 0.375. The van der Waals surface area contributed by atoms with Crippen LogP contribution < -0.4 is 51.4 Å². The molecule has 0 amide bonds. The summed E-state index contributed by atoms with van der Waals surface area (Å²) in [5.41, 5.74) is 0.666. The van der Waals surface area contributed by atoms with Crippen LogP contribution in [0.3, 0.4) is 0 Å². The molecule has 0 saturated carbocycles. The van der Waals surface area contributed by atoms with Gasteiger partial charge >= 0.3 is 51.4 Å². The van der Waals surface area contributed by atoms with Crippen molar-refractivity contribution >= 4 is 20.9 Å². The zero-order chi connectivity index (χ0) is 14.8. The molecule has 0 saturated heterocycles. The van der Waals surface area contributed by atoms with E-state index in [-0.39, 0.29) is 56.3 Å². The molecule has 0 aliphatic heterocycles. The van der Waals surface area contributed by atoms with E-state index < -0.39 is 10.1 Å². The standard InChI is InChI=1S/C16H20O3S.K/c1-12(2)6-5-9-15-14-8-4-3-7-13(14)10-11-16(15)20(17,18)19;/h3-4,7-8,10-12H,5-6,9H2,1-2H3,(H,17,18,19);/q;+1/p-1. The Bertz CT molecular complexity index is 709. The van der Waals surface area contributed by atoms with Gasteiger partial charge in [-0.05, 0) is 41.2 Å². The van der Waals surface area contributed by atoms with E-state index in [1.54, 1.807) is 6.07 Å². The second-order valence-electron chi connectivity index (χ2n) is 5.50. The molecule has 0 unspecified atom stereocenters. The van der Waals surface area contributed by atoms with E-state index in [1.165, 1.54) is 6.07 Å². The van der Waals surface area contributed by atoms with Crippen molar-refractivity contribution in [2.45, 2.75) is 38.0 Å². The maximum absolute atomic E-state index is 11.4. The Morgan fingerprint density at radius 2 is 1.76 bits per heavy atom. The van der Waals surface area contributed by atoms with Crippen LogP contribution in [0.15, 0.2) is 41.3 Å². The van der Waals surface area contributed by atoms with Gasteiger partial charge in [-0.1, -0.05) is 50.6 Å². The summed E-state index contributed by atoms with van der Waals surface area (Å²) in [5, 5.41) is 1.84. The monoisotopic (exact) mass is 330 g/mol. The first-order chi connectivity index (χ1) is 9.39. The Morgan fingerprint density at radius 3 is 2.38 bits per heavy atom. The summed E-state index contributed by atoms with van der Waals surface area (Å²) >= 11 is 0. The number of rotatable bonds is 5. The third-order valence-electron chi connectivity index (χ3n) is 3.48. The van der Waals surface area contributed by atoms with Gasteiger partial charge in [-0.25, -0.2) is 8.42 Å². The molecule has 3 nitrogen and oxygen atoms in total. The zero-order valence-corrected chi connectivity index (χ0v) is 16.7. The van der Waals surface area contributed by atoms with Crippen LogP contribution in [-0.2, 0) is 16.5 Å². The average Bonchev–Trinajstić information content (AvgIpc) is 2.37. The molecule has 2 aromatic carbocycles. The van der Waals surface area contributed by atoms with E-state index in [0.29, 0.717) is 17.9 Å². The number of hydrogen-bond acceptors (Lipinski definition) is 3. The molecule has 0 spiro atoms. The third-order valence-corrected chi connectivity index (χ3v) is 4.40. The minimum Gasteiger partial charge on any atom is -0.744 e. The topological polar surface area (TPSA) is 57.2 Å². The predicted molar refractivity (Wildman–Crippen MR) is 79.7 cm³/mol. The van der Waals surface area contributed by atoms with Gasteiger partial charge in [-0.15, -0.1) is 0 Å². The van der Waals surface area contributed by atoms with Gasteiger partial charge in [-0.2, -0.15) is 0 Å². The van der Waals surface area contributed by atoms with Crippen LogP contribution in [0.1, 0.15) is 32.3 Å². The summed E-state index contributed by atoms with van der Waals surface area (Å²) in [6.45, 7) is 4.27. The van der Waals surface area contributed by atoms with Gasteiger partial charge in [0, 0.05) is 0 Å². The summed E-state index contributed by atoms with van der Waals surface area (Å²) in [4.78, 5) is -0.0695. The van der Waals surface area contributed by atoms with Crippen LogP contribution >= 0.6 is 0 Å². The summed E-state index contributed by atoms with van der Waals surface area (Å²) in [6.07, 6.45) is 2.52. The maximum Gasteiger partial charge on any atom is 1.00 e. The van der Waals surface area contributed by atoms with Crippen LogP contribution in [0.2, 0.25) is 0 Å². The Balaban J connectivity index is 0.00000220. The molecular formula is C16H19KO3S. The van der Waals surface area contributed by atoms with Crippen molar-refractivity contribution in [3.63, 3.8) is 0 Å². The van der Waals surface area contributed by atoms with E-state index in [9.17, 15) is 13.0 Å². The van der Waals surface area contributed by atoms with Gasteiger partial charge in [-0.3, -0.25) is 0 Å². The smallest absolute Gasteiger partial charge is 0.744 e. The first kappa shape index (κ1) is 19.3. The van der Waals surface area contributed by atoms with Crippen LogP contribution in [0.25, 0.3) is 10.8 Å². The van der Waals surface area contributed by atoms with Crippen molar-refractivity contribution in [3.05, 3.63) is 42.0 Å². The van der Waals surface area contributed by atoms with E-state index in [0.717, 1.165) is 23.6 Å². The SMILES string of the molecule is CC(C)CCCc1c(S(=O)(=O)[O-])ccc2ccccc12.[K+]. The molecule has 0 bridgehead atoms. The summed E-state index contributed by atoms with van der Waals surface area (Å²) in [6, 6.07) is 10.7. The summed E-state index contributed by atoms with van der Waals surface area (Å²) in [5.74, 6) is 0.567. The molecule has 0 fully saturated rings. The normalized spacial score (nSPS) is 11.6. The van der Waals surface area contributed by atoms with Gasteiger partial charge < -0.3 is 4.55 Å². The van der Waals surface area contributed by atoms with Crippen LogP contribution in [-0.4, -0.2) is 13.0 Å². The second-order valence-corrected chi connectivity index (χ2v) is 6.85. The third kappa shape index (κ3) is 5.13. The Hall–Kier alpha value is 0.246. The van der Waals surface area contributed by atoms with Crippen molar-refractivity contribution in [1.29, 1.82) is 0 Å². The fourth-order valence-electron chi connectivity index (χ4n) is 2.50. The first-order valence-electron chi connectivity index (χ1n) is 6.86. The van der Waals surface area contributed by atoms with Crippen molar-refractivity contribution in [2.75, 3.05) is 0 Å². The van der Waals surface area contributed by atoms with Crippen molar-refractivity contribution in [3.8, 4) is 0 Å². The number of aryl methyl sites for hydroxylation is 1. The van der Waals surface area contributed by atoms with Crippen LogP contribution in [0.5, 0.6) is 0 Å². The molecule has 0 aromatic heterocycles. The average molecular weight is 330 g/mol. The molecule has 0 aliphatic carbocycles. The molecule has 5 heteroatoms. The molecule has 0 radical (unpaired) electrons. The molecular weight excluding hydrogens is 311 g/mol. The molecule has 0 heterocycles. The van der Waals surface area contributed by atoms with Crippen LogP contribution in [0.4, 0.5) is 0 Å². The predicted octanol–water partition coefficient (Wildman–Crippen LogP) is 0.727. The molecule has 21 heavy (non-hydrogen) atoms. The second kappa shape index (κ2) is 8.20. The molecule has 108 valence electrons. The number of fused-ring (bicyclic) bond motifs is 1. The maximum atomic E-state index is 11.4. The van der Waals surface area contributed by atoms with E-state index in [4.69, 9.17) is 0 Å². The van der Waals surface area contributed by atoms with Gasteiger partial charge in [0.15, 0.2) is 0 Å². The zero-order valence-electron chi connectivity index (χ0n) is 12.8. The molecule has 0 N–H and O–H groups in total. The van der Waals surface area contributed by atoms with Gasteiger partial charge in [0.1, 0.15) is 10.1 Å². The molecule has 0 atom stereocenters. The first-order valence-corrected chi connectivity index (χ1v) is 8.27. The van der Waals surface area contributed by atoms with E-state index in [1.807, 2.05) is 24.3 Å². The van der Waals surface area contributed by atoms with Gasteiger partial charge in [0.2, 0.25) is 0 Å². The molecule has 0 aliphatic rings. The largest absolute Gasteiger partial charge is 1.00 e. The number of hydrogen-bond donors (Lipinski definition) is 0. The number of benzene rings is 2. The minimum absolute atomic E-state index is 0. The summed E-state index contributed by atoms with van der Waals surface area (Å²) in [7, 11) is -4.43. The van der Waals surface area contributed by atoms with Crippen molar-refractivity contribution in [2.24, 2.45) is 5.92 Å². The van der Waals surface area contributed by atoms with Gasteiger partial charge in [0.25, 0.3) is 0 Å². The minimum atomic E-state index is -4.43. The Labute approximate surface area is 169 Å².